The van der Waals surface area contributed by atoms with Crippen LogP contribution >= 0.6 is 23.6 Å². The van der Waals surface area contributed by atoms with E-state index in [2.05, 4.69) is 62.2 Å². The number of thiazole rings is 1. The lowest BCUT2D eigenvalue weighted by atomic mass is 10.2. The second kappa shape index (κ2) is 7.33. The van der Waals surface area contributed by atoms with Crippen molar-refractivity contribution in [3.8, 4) is 5.69 Å². The number of hydrogen-bond acceptors (Lipinski definition) is 6. The maximum atomic E-state index is 5.67. The molecule has 5 nitrogen and oxygen atoms in total. The number of fused-ring (bicyclic) bond motifs is 1. The van der Waals surface area contributed by atoms with Gasteiger partial charge in [0.2, 0.25) is 0 Å². The van der Waals surface area contributed by atoms with E-state index in [4.69, 9.17) is 12.2 Å². The molecule has 4 aromatic rings. The van der Waals surface area contributed by atoms with Crippen molar-refractivity contribution in [3.05, 3.63) is 70.9 Å². The maximum absolute atomic E-state index is 5.67. The van der Waals surface area contributed by atoms with Crippen LogP contribution in [0.4, 0.5) is 11.5 Å². The number of benzene rings is 2. The molecule has 0 radical (unpaired) electrons. The molecule has 1 saturated heterocycles. The quantitative estimate of drug-likeness (QED) is 0.468. The van der Waals surface area contributed by atoms with Gasteiger partial charge in [-0.25, -0.2) is 9.97 Å². The molecule has 0 N–H and O–H groups in total. The third-order valence-corrected chi connectivity index (χ3v) is 6.42. The number of aromatic nitrogens is 3. The summed E-state index contributed by atoms with van der Waals surface area (Å²) in [6, 6.07) is 20.7. The summed E-state index contributed by atoms with van der Waals surface area (Å²) in [4.78, 5) is 14.0. The van der Waals surface area contributed by atoms with Crippen molar-refractivity contribution >= 4 is 45.4 Å². The number of para-hydroxylation sites is 2. The Bertz CT molecular complexity index is 1150. The van der Waals surface area contributed by atoms with Crippen molar-refractivity contribution in [1.29, 1.82) is 0 Å². The Morgan fingerprint density at radius 3 is 2.04 bits per heavy atom. The molecule has 0 amide bonds. The first-order valence-electron chi connectivity index (χ1n) is 9.28. The van der Waals surface area contributed by atoms with Crippen LogP contribution in [0, 0.1) is 3.95 Å². The second-order valence-electron chi connectivity index (χ2n) is 6.70. The number of rotatable bonds is 3. The van der Waals surface area contributed by atoms with E-state index in [1.165, 1.54) is 5.69 Å². The van der Waals surface area contributed by atoms with Gasteiger partial charge in [-0.2, -0.15) is 0 Å². The minimum absolute atomic E-state index is 0.797. The summed E-state index contributed by atoms with van der Waals surface area (Å²) in [5.74, 6) is 0.989. The molecule has 5 rings (SSSR count). The van der Waals surface area contributed by atoms with Gasteiger partial charge in [-0.15, -0.1) is 0 Å². The second-order valence-corrected chi connectivity index (χ2v) is 8.34. The smallest absolute Gasteiger partial charge is 0.168 e. The summed E-state index contributed by atoms with van der Waals surface area (Å²) in [6.45, 7) is 3.80. The van der Waals surface area contributed by atoms with E-state index in [9.17, 15) is 0 Å². The molecule has 0 bridgehead atoms. The van der Waals surface area contributed by atoms with Crippen molar-refractivity contribution < 1.29 is 0 Å². The van der Waals surface area contributed by atoms with Crippen LogP contribution in [0.15, 0.2) is 67.0 Å². The first kappa shape index (κ1) is 17.3. The van der Waals surface area contributed by atoms with Gasteiger partial charge in [-0.3, -0.25) is 4.57 Å². The van der Waals surface area contributed by atoms with Crippen molar-refractivity contribution in [1.82, 2.24) is 14.5 Å². The first-order valence-corrected chi connectivity index (χ1v) is 10.5. The molecule has 1 aliphatic rings. The van der Waals surface area contributed by atoms with Crippen molar-refractivity contribution in [3.63, 3.8) is 0 Å². The SMILES string of the molecule is S=c1sc2c(N3CCN(c4ccccc4)CC3)ncnc2n1-c1ccccc1. The van der Waals surface area contributed by atoms with Crippen molar-refractivity contribution in [2.75, 3.05) is 36.0 Å². The molecule has 0 aliphatic carbocycles. The molecular formula is C21H19N5S2. The monoisotopic (exact) mass is 405 g/mol. The molecule has 1 aliphatic heterocycles. The van der Waals surface area contributed by atoms with Crippen LogP contribution < -0.4 is 9.80 Å². The zero-order valence-electron chi connectivity index (χ0n) is 15.2. The van der Waals surface area contributed by atoms with Crippen LogP contribution in [-0.2, 0) is 0 Å². The Morgan fingerprint density at radius 2 is 1.36 bits per heavy atom. The van der Waals surface area contributed by atoms with Crippen LogP contribution in [0.25, 0.3) is 16.0 Å². The lowest BCUT2D eigenvalue weighted by molar-refractivity contribution is 0.649. The van der Waals surface area contributed by atoms with Gasteiger partial charge >= 0.3 is 0 Å². The lowest BCUT2D eigenvalue weighted by Crippen LogP contribution is -2.46. The molecule has 3 heterocycles. The van der Waals surface area contributed by atoms with Crippen LogP contribution in [0.5, 0.6) is 0 Å². The van der Waals surface area contributed by atoms with E-state index < -0.39 is 0 Å². The van der Waals surface area contributed by atoms with Crippen molar-refractivity contribution in [2.24, 2.45) is 0 Å². The molecule has 140 valence electrons. The van der Waals surface area contributed by atoms with E-state index in [1.54, 1.807) is 17.7 Å². The zero-order valence-corrected chi connectivity index (χ0v) is 16.9. The average molecular weight is 406 g/mol. The fourth-order valence-electron chi connectivity index (χ4n) is 3.67. The lowest BCUT2D eigenvalue weighted by Gasteiger charge is -2.36. The summed E-state index contributed by atoms with van der Waals surface area (Å²) in [6.07, 6.45) is 1.65. The fraction of sp³-hybridized carbons (Fsp3) is 0.190. The number of anilines is 2. The highest BCUT2D eigenvalue weighted by atomic mass is 32.1. The number of piperazine rings is 1. The molecular weight excluding hydrogens is 386 g/mol. The Kier molecular flexibility index (Phi) is 4.54. The largest absolute Gasteiger partial charge is 0.368 e. The van der Waals surface area contributed by atoms with Gasteiger partial charge in [-0.1, -0.05) is 47.7 Å². The van der Waals surface area contributed by atoms with Gasteiger partial charge < -0.3 is 9.80 Å². The van der Waals surface area contributed by atoms with Crippen LogP contribution in [0.3, 0.4) is 0 Å². The predicted octanol–water partition coefficient (Wildman–Crippen LogP) is 4.54. The minimum Gasteiger partial charge on any atom is -0.368 e. The first-order chi connectivity index (χ1) is 13.8. The molecule has 28 heavy (non-hydrogen) atoms. The van der Waals surface area contributed by atoms with E-state index in [0.717, 1.165) is 52.0 Å². The number of hydrogen-bond donors (Lipinski definition) is 0. The molecule has 0 spiro atoms. The summed E-state index contributed by atoms with van der Waals surface area (Å²) < 4.78 is 3.90. The molecule has 2 aromatic heterocycles. The van der Waals surface area contributed by atoms with Gasteiger partial charge in [0.25, 0.3) is 0 Å². The summed E-state index contributed by atoms with van der Waals surface area (Å²) in [7, 11) is 0. The van der Waals surface area contributed by atoms with E-state index in [-0.39, 0.29) is 0 Å². The molecule has 2 aromatic carbocycles. The molecule has 0 saturated carbocycles. The van der Waals surface area contributed by atoms with Crippen molar-refractivity contribution in [2.45, 2.75) is 0 Å². The molecule has 7 heteroatoms. The molecule has 0 unspecified atom stereocenters. The third-order valence-electron chi connectivity index (χ3n) is 5.06. The molecule has 0 atom stereocenters. The standard InChI is InChI=1S/C21H19N5S2/c27-21-26(17-9-5-2-6-10-17)20-18(28-21)19(22-15-23-20)25-13-11-24(12-14-25)16-7-3-1-4-8-16/h1-10,15H,11-14H2. The highest BCUT2D eigenvalue weighted by Crippen LogP contribution is 2.32. The van der Waals surface area contributed by atoms with Gasteiger partial charge in [0, 0.05) is 37.6 Å². The molecule has 1 fully saturated rings. The van der Waals surface area contributed by atoms with Gasteiger partial charge in [0.05, 0.1) is 0 Å². The topological polar surface area (TPSA) is 37.2 Å². The summed E-state index contributed by atoms with van der Waals surface area (Å²) >= 11 is 7.25. The maximum Gasteiger partial charge on any atom is 0.168 e. The predicted molar refractivity (Wildman–Crippen MR) is 118 cm³/mol. The normalized spacial score (nSPS) is 14.6. The fourth-order valence-corrected chi connectivity index (χ4v) is 5.08. The Balaban J connectivity index is 1.47. The van der Waals surface area contributed by atoms with Crippen LogP contribution in [0.2, 0.25) is 0 Å². The van der Waals surface area contributed by atoms with Crippen LogP contribution in [0.1, 0.15) is 0 Å². The Hall–Kier alpha value is -2.77. The highest BCUT2D eigenvalue weighted by molar-refractivity contribution is 7.73. The Labute approximate surface area is 172 Å². The van der Waals surface area contributed by atoms with Gasteiger partial charge in [0.1, 0.15) is 11.0 Å². The highest BCUT2D eigenvalue weighted by Gasteiger charge is 2.22. The zero-order chi connectivity index (χ0) is 18.9. The van der Waals surface area contributed by atoms with E-state index in [0.29, 0.717) is 0 Å². The number of nitrogens with zero attached hydrogens (tertiary/aromatic N) is 5. The minimum atomic E-state index is 0.797. The summed E-state index contributed by atoms with van der Waals surface area (Å²) in [5.41, 5.74) is 3.20. The van der Waals surface area contributed by atoms with Gasteiger partial charge in [0.15, 0.2) is 15.4 Å². The van der Waals surface area contributed by atoms with E-state index >= 15 is 0 Å². The average Bonchev–Trinajstić information content (AvgIpc) is 3.11. The van der Waals surface area contributed by atoms with Crippen LogP contribution in [-0.4, -0.2) is 40.7 Å². The Morgan fingerprint density at radius 1 is 0.750 bits per heavy atom. The third kappa shape index (κ3) is 3.06. The summed E-state index contributed by atoms with van der Waals surface area (Å²) in [5, 5.41) is 0. The van der Waals surface area contributed by atoms with Gasteiger partial charge in [-0.05, 0) is 36.5 Å². The van der Waals surface area contributed by atoms with E-state index in [1.807, 2.05) is 22.8 Å².